The highest BCUT2D eigenvalue weighted by molar-refractivity contribution is 7.80. The van der Waals surface area contributed by atoms with Gasteiger partial charge in [0, 0.05) is 7.05 Å². The SMILES string of the molecule is Cc1nn(C)c(S)c1C(=O)NOC(C)C=O. The molecule has 0 spiro atoms. The zero-order valence-corrected chi connectivity index (χ0v) is 10.1. The Hall–Kier alpha value is -1.34. The maximum atomic E-state index is 11.7. The van der Waals surface area contributed by atoms with Gasteiger partial charge in [-0.25, -0.2) is 5.48 Å². The van der Waals surface area contributed by atoms with Crippen LogP contribution in [0.15, 0.2) is 5.03 Å². The molecule has 0 aliphatic heterocycles. The van der Waals surface area contributed by atoms with Gasteiger partial charge in [-0.2, -0.15) is 5.10 Å². The molecule has 1 amide bonds. The van der Waals surface area contributed by atoms with Crippen molar-refractivity contribution in [2.75, 3.05) is 0 Å². The Bertz CT molecular complexity index is 416. The second kappa shape index (κ2) is 5.13. The lowest BCUT2D eigenvalue weighted by atomic mass is 10.2. The fraction of sp³-hybridized carbons (Fsp3) is 0.444. The Morgan fingerprint density at radius 3 is 2.75 bits per heavy atom. The van der Waals surface area contributed by atoms with Crippen molar-refractivity contribution < 1.29 is 14.4 Å². The summed E-state index contributed by atoms with van der Waals surface area (Å²) in [4.78, 5) is 26.7. The molecule has 1 atom stereocenters. The number of hydrogen-bond acceptors (Lipinski definition) is 5. The molecule has 0 saturated carbocycles. The van der Waals surface area contributed by atoms with Gasteiger partial charge in [0.1, 0.15) is 11.1 Å². The first-order chi connectivity index (χ1) is 7.47. The summed E-state index contributed by atoms with van der Waals surface area (Å²) in [5.74, 6) is -0.468. The zero-order valence-electron chi connectivity index (χ0n) is 9.22. The molecule has 0 saturated heterocycles. The summed E-state index contributed by atoms with van der Waals surface area (Å²) in [5, 5.41) is 4.48. The van der Waals surface area contributed by atoms with E-state index < -0.39 is 12.0 Å². The number of aldehydes is 1. The number of aromatic nitrogens is 2. The summed E-state index contributed by atoms with van der Waals surface area (Å²) in [6, 6.07) is 0. The molecule has 0 aliphatic carbocycles. The quantitative estimate of drug-likeness (QED) is 0.452. The van der Waals surface area contributed by atoms with Gasteiger partial charge in [0.15, 0.2) is 6.29 Å². The molecule has 0 fully saturated rings. The van der Waals surface area contributed by atoms with Crippen LogP contribution < -0.4 is 5.48 Å². The molecule has 1 N–H and O–H groups in total. The fourth-order valence-corrected chi connectivity index (χ4v) is 1.45. The minimum atomic E-state index is -0.690. The van der Waals surface area contributed by atoms with Gasteiger partial charge >= 0.3 is 0 Å². The van der Waals surface area contributed by atoms with Crippen molar-refractivity contribution in [2.45, 2.75) is 25.0 Å². The van der Waals surface area contributed by atoms with E-state index in [4.69, 9.17) is 4.84 Å². The Kier molecular flexibility index (Phi) is 4.08. The molecule has 7 heteroatoms. The summed E-state index contributed by atoms with van der Waals surface area (Å²) in [5.41, 5.74) is 3.06. The first-order valence-corrected chi connectivity index (χ1v) is 5.06. The molecule has 1 unspecified atom stereocenters. The summed E-state index contributed by atoms with van der Waals surface area (Å²) in [6.07, 6.45) is -0.109. The lowest BCUT2D eigenvalue weighted by Crippen LogP contribution is -2.29. The number of carbonyl (C=O) groups is 2. The standard InChI is InChI=1S/C9H13N3O3S/c1-5(4-13)15-11-8(14)7-6(2)10-12(3)9(7)16/h4-5,16H,1-3H3,(H,11,14). The molecular formula is C9H13N3O3S. The predicted octanol–water partition coefficient (Wildman–Crippen LogP) is 0.266. The van der Waals surface area contributed by atoms with E-state index in [0.29, 0.717) is 22.6 Å². The number of hydroxylamine groups is 1. The number of aryl methyl sites for hydroxylation is 2. The molecule has 1 rings (SSSR count). The number of nitrogens with zero attached hydrogens (tertiary/aromatic N) is 2. The van der Waals surface area contributed by atoms with Gasteiger partial charge in [-0.15, -0.1) is 12.6 Å². The maximum absolute atomic E-state index is 11.7. The van der Waals surface area contributed by atoms with Crippen LogP contribution in [0.3, 0.4) is 0 Å². The lowest BCUT2D eigenvalue weighted by Gasteiger charge is -2.07. The van der Waals surface area contributed by atoms with Gasteiger partial charge < -0.3 is 4.79 Å². The third-order valence-electron chi connectivity index (χ3n) is 1.95. The van der Waals surface area contributed by atoms with E-state index in [-0.39, 0.29) is 0 Å². The average Bonchev–Trinajstić information content (AvgIpc) is 2.49. The van der Waals surface area contributed by atoms with Crippen molar-refractivity contribution in [3.05, 3.63) is 11.3 Å². The predicted molar refractivity (Wildman–Crippen MR) is 59.3 cm³/mol. The largest absolute Gasteiger partial charge is 0.300 e. The van der Waals surface area contributed by atoms with Gasteiger partial charge in [0.25, 0.3) is 5.91 Å². The monoisotopic (exact) mass is 243 g/mol. The normalized spacial score (nSPS) is 12.2. The topological polar surface area (TPSA) is 73.2 Å². The Balaban J connectivity index is 2.77. The van der Waals surface area contributed by atoms with E-state index in [1.807, 2.05) is 0 Å². The second-order valence-corrected chi connectivity index (χ2v) is 3.72. The molecule has 88 valence electrons. The highest BCUT2D eigenvalue weighted by Gasteiger charge is 2.18. The minimum absolute atomic E-state index is 0.337. The molecule has 0 aliphatic rings. The Morgan fingerprint density at radius 1 is 1.69 bits per heavy atom. The van der Waals surface area contributed by atoms with Gasteiger partial charge in [0.05, 0.1) is 11.3 Å². The summed E-state index contributed by atoms with van der Waals surface area (Å²) < 4.78 is 1.48. The van der Waals surface area contributed by atoms with Crippen LogP contribution in [0.25, 0.3) is 0 Å². The van der Waals surface area contributed by atoms with Crippen LogP contribution in [-0.4, -0.2) is 28.1 Å². The second-order valence-electron chi connectivity index (χ2n) is 3.30. The van der Waals surface area contributed by atoms with Crippen molar-refractivity contribution in [2.24, 2.45) is 7.05 Å². The number of amides is 1. The van der Waals surface area contributed by atoms with E-state index in [9.17, 15) is 9.59 Å². The third-order valence-corrected chi connectivity index (χ3v) is 2.46. The van der Waals surface area contributed by atoms with E-state index >= 15 is 0 Å². The number of hydrogen-bond donors (Lipinski definition) is 2. The van der Waals surface area contributed by atoms with Crippen LogP contribution in [0.2, 0.25) is 0 Å². The summed E-state index contributed by atoms with van der Waals surface area (Å²) in [7, 11) is 1.68. The minimum Gasteiger partial charge on any atom is -0.300 e. The van der Waals surface area contributed by atoms with Crippen LogP contribution in [0.4, 0.5) is 0 Å². The molecule has 1 aromatic heterocycles. The molecular weight excluding hydrogens is 230 g/mol. The number of thiol groups is 1. The Labute approximate surface area is 98.3 Å². The first-order valence-electron chi connectivity index (χ1n) is 4.61. The van der Waals surface area contributed by atoms with Crippen molar-refractivity contribution in [1.29, 1.82) is 0 Å². The number of rotatable bonds is 4. The zero-order chi connectivity index (χ0) is 12.3. The highest BCUT2D eigenvalue weighted by atomic mass is 32.1. The molecule has 16 heavy (non-hydrogen) atoms. The van der Waals surface area contributed by atoms with Crippen molar-refractivity contribution >= 4 is 24.8 Å². The van der Waals surface area contributed by atoms with E-state index in [2.05, 4.69) is 23.2 Å². The third kappa shape index (κ3) is 2.61. The molecule has 0 bridgehead atoms. The van der Waals surface area contributed by atoms with Gasteiger partial charge in [-0.05, 0) is 13.8 Å². The Morgan fingerprint density at radius 2 is 2.31 bits per heavy atom. The molecule has 0 aromatic carbocycles. The lowest BCUT2D eigenvalue weighted by molar-refractivity contribution is -0.120. The number of carbonyl (C=O) groups excluding carboxylic acids is 2. The van der Waals surface area contributed by atoms with E-state index in [1.54, 1.807) is 14.0 Å². The van der Waals surface area contributed by atoms with Gasteiger partial charge in [0.2, 0.25) is 0 Å². The van der Waals surface area contributed by atoms with Crippen LogP contribution in [0.1, 0.15) is 23.0 Å². The smallest absolute Gasteiger partial charge is 0.279 e. The van der Waals surface area contributed by atoms with E-state index in [0.717, 1.165) is 0 Å². The maximum Gasteiger partial charge on any atom is 0.279 e. The van der Waals surface area contributed by atoms with E-state index in [1.165, 1.54) is 11.6 Å². The fourth-order valence-electron chi connectivity index (χ4n) is 1.14. The molecule has 1 aromatic rings. The first kappa shape index (κ1) is 12.7. The van der Waals surface area contributed by atoms with Crippen LogP contribution in [0.5, 0.6) is 0 Å². The summed E-state index contributed by atoms with van der Waals surface area (Å²) in [6.45, 7) is 3.21. The van der Waals surface area contributed by atoms with Crippen LogP contribution in [0, 0.1) is 6.92 Å². The van der Waals surface area contributed by atoms with Crippen molar-refractivity contribution in [1.82, 2.24) is 15.3 Å². The highest BCUT2D eigenvalue weighted by Crippen LogP contribution is 2.16. The van der Waals surface area contributed by atoms with Crippen molar-refractivity contribution in [3.8, 4) is 0 Å². The summed E-state index contributed by atoms with van der Waals surface area (Å²) >= 11 is 4.15. The molecule has 1 heterocycles. The average molecular weight is 243 g/mol. The van der Waals surface area contributed by atoms with Crippen molar-refractivity contribution in [3.63, 3.8) is 0 Å². The van der Waals surface area contributed by atoms with Crippen LogP contribution >= 0.6 is 12.6 Å². The van der Waals surface area contributed by atoms with Gasteiger partial charge in [-0.1, -0.05) is 0 Å². The van der Waals surface area contributed by atoms with Crippen LogP contribution in [-0.2, 0) is 16.7 Å². The molecule has 0 radical (unpaired) electrons. The number of nitrogens with one attached hydrogen (secondary N) is 1. The molecule has 6 nitrogen and oxygen atoms in total. The van der Waals surface area contributed by atoms with Gasteiger partial charge in [-0.3, -0.25) is 14.3 Å².